The predicted octanol–water partition coefficient (Wildman–Crippen LogP) is 9.97. The molecular weight excluding hydrogens is 924 g/mol. The smallest absolute Gasteiger partial charge is 0.329 e. The van der Waals surface area contributed by atoms with Crippen LogP contribution in [0.3, 0.4) is 0 Å². The lowest BCUT2D eigenvalue weighted by Crippen LogP contribution is -2.35. The molecule has 0 saturated heterocycles. The van der Waals surface area contributed by atoms with Crippen LogP contribution in [0, 0.1) is 13.8 Å². The average molecular weight is 970 g/mol. The Labute approximate surface area is 385 Å². The number of esters is 1. The summed E-state index contributed by atoms with van der Waals surface area (Å²) in [6.07, 6.45) is 6.97. The van der Waals surface area contributed by atoms with Crippen LogP contribution < -0.4 is 10.6 Å². The second-order valence-electron chi connectivity index (χ2n) is 15.2. The van der Waals surface area contributed by atoms with E-state index in [4.69, 9.17) is 27.9 Å². The van der Waals surface area contributed by atoms with Gasteiger partial charge in [-0.05, 0) is 86.1 Å². The lowest BCUT2D eigenvalue weighted by atomic mass is 10.1. The quantitative estimate of drug-likeness (QED) is 0.0830. The van der Waals surface area contributed by atoms with Gasteiger partial charge in [-0.25, -0.2) is 36.4 Å². The second kappa shape index (κ2) is 20.8. The minimum absolute atomic E-state index is 0.0235. The van der Waals surface area contributed by atoms with Crippen molar-refractivity contribution >= 4 is 87.8 Å². The number of halogens is 2. The molecule has 0 aliphatic heterocycles. The summed E-state index contributed by atoms with van der Waals surface area (Å²) >= 11 is 14.8. The second-order valence-corrected chi connectivity index (χ2v) is 21.9. The zero-order chi connectivity index (χ0) is 45.5. The highest BCUT2D eigenvalue weighted by Gasteiger charge is 2.28. The lowest BCUT2D eigenvalue weighted by Gasteiger charge is -2.20. The number of thiazole rings is 2. The fraction of sp³-hybridized carbons (Fsp3) is 0.289. The number of rotatable bonds is 15. The highest BCUT2D eigenvalue weighted by atomic mass is 35.5. The first kappa shape index (κ1) is 47.6. The number of anilines is 2. The van der Waals surface area contributed by atoms with Gasteiger partial charge in [0.25, 0.3) is 0 Å². The molecule has 1 aliphatic rings. The van der Waals surface area contributed by atoms with Crippen LogP contribution in [0.5, 0.6) is 0 Å². The number of sulfone groups is 2. The van der Waals surface area contributed by atoms with E-state index in [-0.39, 0.29) is 31.9 Å². The van der Waals surface area contributed by atoms with Crippen LogP contribution in [0.25, 0.3) is 20.9 Å². The van der Waals surface area contributed by atoms with Crippen molar-refractivity contribution in [3.63, 3.8) is 0 Å². The number of hydrogen-bond acceptors (Lipinski definition) is 13. The van der Waals surface area contributed by atoms with E-state index >= 15 is 0 Å². The number of ether oxygens (including phenoxy) is 1. The van der Waals surface area contributed by atoms with Crippen LogP contribution in [-0.2, 0) is 46.8 Å². The first-order valence-corrected chi connectivity index (χ1v) is 26.0. The minimum Gasteiger partial charge on any atom is -0.480 e. The molecule has 1 aliphatic carbocycles. The summed E-state index contributed by atoms with van der Waals surface area (Å²) in [5.41, 5.74) is 4.69. The monoisotopic (exact) mass is 968 g/mol. The summed E-state index contributed by atoms with van der Waals surface area (Å²) < 4.78 is 53.9. The summed E-state index contributed by atoms with van der Waals surface area (Å²) in [6.45, 7) is 3.65. The SMILES string of the molecule is Cc1nc(N[C@@H](Cc2ccccc2)C(=O)O)sc1-c1ccc(Cl)c(S(C)(=O)=O)c1.Cc1nc(N[C@@H](Cc2ccccc2)C(=O)OC2CCCC2)sc1-c1ccc(Cl)c(S(C)(=O)=O)c1. The molecule has 0 amide bonds. The Morgan fingerprint density at radius 2 is 1.11 bits per heavy atom. The van der Waals surface area contributed by atoms with Gasteiger partial charge in [-0.3, -0.25) is 0 Å². The largest absolute Gasteiger partial charge is 0.480 e. The van der Waals surface area contributed by atoms with E-state index in [1.54, 1.807) is 31.2 Å². The number of carbonyl (C=O) groups is 2. The van der Waals surface area contributed by atoms with Crippen molar-refractivity contribution in [2.75, 3.05) is 23.1 Å². The van der Waals surface area contributed by atoms with Gasteiger partial charge >= 0.3 is 11.9 Å². The molecule has 3 N–H and O–H groups in total. The van der Waals surface area contributed by atoms with E-state index < -0.39 is 37.7 Å². The molecule has 0 spiro atoms. The molecule has 7 rings (SSSR count). The molecule has 0 radical (unpaired) electrons. The number of aryl methyl sites for hydroxylation is 2. The Morgan fingerprint density at radius 3 is 1.52 bits per heavy atom. The van der Waals surface area contributed by atoms with Crippen molar-refractivity contribution in [3.8, 4) is 20.9 Å². The van der Waals surface area contributed by atoms with Crippen LogP contribution in [0.4, 0.5) is 10.3 Å². The number of benzene rings is 4. The van der Waals surface area contributed by atoms with E-state index in [1.807, 2.05) is 67.6 Å². The number of nitrogens with one attached hydrogen (secondary N) is 2. The zero-order valence-electron chi connectivity index (χ0n) is 34.8. The van der Waals surface area contributed by atoms with Crippen LogP contribution in [0.15, 0.2) is 107 Å². The molecule has 18 heteroatoms. The minimum atomic E-state index is -3.48. The fourth-order valence-corrected chi connectivity index (χ4v) is 11.6. The number of carboxylic acids is 1. The average Bonchev–Trinajstić information content (AvgIpc) is 3.98. The molecule has 4 aromatic carbocycles. The number of carbonyl (C=O) groups excluding carboxylic acids is 1. The number of aliphatic carboxylic acids is 1. The van der Waals surface area contributed by atoms with Crippen LogP contribution in [0.1, 0.15) is 48.2 Å². The number of carboxylic acid groups (broad SMARTS) is 1. The molecule has 1 fully saturated rings. The Kier molecular flexibility index (Phi) is 15.7. The zero-order valence-corrected chi connectivity index (χ0v) is 39.6. The maximum Gasteiger partial charge on any atom is 0.329 e. The number of hydrogen-bond donors (Lipinski definition) is 3. The van der Waals surface area contributed by atoms with Gasteiger partial charge in [0.05, 0.1) is 41.0 Å². The topological polar surface area (TPSA) is 182 Å². The van der Waals surface area contributed by atoms with Gasteiger partial charge in [-0.1, -0.05) is 119 Å². The molecule has 63 heavy (non-hydrogen) atoms. The van der Waals surface area contributed by atoms with E-state index in [0.717, 1.165) is 64.8 Å². The number of aromatic nitrogens is 2. The summed E-state index contributed by atoms with van der Waals surface area (Å²) in [7, 11) is -6.95. The van der Waals surface area contributed by atoms with Gasteiger partial charge < -0.3 is 20.5 Å². The molecule has 1 saturated carbocycles. The van der Waals surface area contributed by atoms with Gasteiger partial charge in [0.15, 0.2) is 29.9 Å². The van der Waals surface area contributed by atoms with Crippen LogP contribution in [-0.4, -0.2) is 74.5 Å². The Bertz CT molecular complexity index is 2800. The lowest BCUT2D eigenvalue weighted by molar-refractivity contribution is -0.149. The predicted molar refractivity (Wildman–Crippen MR) is 252 cm³/mol. The van der Waals surface area contributed by atoms with Crippen LogP contribution >= 0.6 is 45.9 Å². The van der Waals surface area contributed by atoms with Gasteiger partial charge in [0.1, 0.15) is 18.2 Å². The van der Waals surface area contributed by atoms with Crippen molar-refractivity contribution in [2.45, 2.75) is 80.4 Å². The summed E-state index contributed by atoms with van der Waals surface area (Å²) in [4.78, 5) is 35.5. The summed E-state index contributed by atoms with van der Waals surface area (Å²) in [5, 5.41) is 17.2. The van der Waals surface area contributed by atoms with Gasteiger partial charge in [-0.2, -0.15) is 0 Å². The maximum absolute atomic E-state index is 13.1. The Morgan fingerprint density at radius 1 is 0.698 bits per heavy atom. The van der Waals surface area contributed by atoms with E-state index in [1.165, 1.54) is 34.8 Å². The molecule has 2 atom stereocenters. The Balaban J connectivity index is 0.000000213. The third-order valence-corrected chi connectivity index (χ3v) is 15.5. The van der Waals surface area contributed by atoms with Crippen LogP contribution in [0.2, 0.25) is 10.0 Å². The van der Waals surface area contributed by atoms with Crippen molar-refractivity contribution in [1.82, 2.24) is 9.97 Å². The standard InChI is InChI=1S/C25H27ClN2O4S2.C20H19ClN2O4S2/c1-16-23(18-12-13-20(26)22(15-18)34(2,30)31)33-25(27-16)28-21(14-17-8-4-3-5-9-17)24(29)32-19-10-6-7-11-19;1-12-18(14-8-9-15(21)17(11-14)29(2,26)27)28-20(22-12)23-16(19(24)25)10-13-6-4-3-5-7-13/h3-5,8-9,12-13,15,19,21H,6-7,10-11,14H2,1-2H3,(H,27,28);3-9,11,16H,10H2,1-2H3,(H,22,23)(H,24,25)/t21-;16-/m00/s1. The van der Waals surface area contributed by atoms with Crippen molar-refractivity contribution in [3.05, 3.63) is 130 Å². The number of nitrogens with zero attached hydrogens (tertiary/aromatic N) is 2. The van der Waals surface area contributed by atoms with Gasteiger partial charge in [0, 0.05) is 25.4 Å². The molecule has 2 aromatic heterocycles. The van der Waals surface area contributed by atoms with Crippen molar-refractivity contribution in [1.29, 1.82) is 0 Å². The summed E-state index contributed by atoms with van der Waals surface area (Å²) in [5.74, 6) is -1.26. The summed E-state index contributed by atoms with van der Waals surface area (Å²) in [6, 6.07) is 27.4. The normalized spacial score (nSPS) is 14.0. The molecule has 332 valence electrons. The van der Waals surface area contributed by atoms with Crippen molar-refractivity contribution in [2.24, 2.45) is 0 Å². The van der Waals surface area contributed by atoms with Gasteiger partial charge in [-0.15, -0.1) is 0 Å². The molecule has 0 bridgehead atoms. The first-order chi connectivity index (χ1) is 29.8. The third-order valence-electron chi connectivity index (χ3n) is 10.1. The van der Waals surface area contributed by atoms with Gasteiger partial charge in [0.2, 0.25) is 0 Å². The fourth-order valence-electron chi connectivity index (χ4n) is 6.95. The molecule has 12 nitrogen and oxygen atoms in total. The van der Waals surface area contributed by atoms with E-state index in [2.05, 4.69) is 20.6 Å². The molecule has 2 heterocycles. The maximum atomic E-state index is 13.1. The Hall–Kier alpha value is -4.84. The molecule has 0 unspecified atom stereocenters. The van der Waals surface area contributed by atoms with Crippen molar-refractivity contribution < 1.29 is 36.3 Å². The molecule has 6 aromatic rings. The molecular formula is C45H46Cl2N4O8S4. The first-order valence-electron chi connectivity index (χ1n) is 19.8. The highest BCUT2D eigenvalue weighted by Crippen LogP contribution is 2.38. The highest BCUT2D eigenvalue weighted by molar-refractivity contribution is 7.91. The third kappa shape index (κ3) is 12.9. The van der Waals surface area contributed by atoms with E-state index in [0.29, 0.717) is 39.9 Å². The van der Waals surface area contributed by atoms with E-state index in [9.17, 15) is 31.5 Å².